The fourth-order valence-electron chi connectivity index (χ4n) is 3.53. The summed E-state index contributed by atoms with van der Waals surface area (Å²) in [4.78, 5) is 0. The molecule has 4 nitrogen and oxygen atoms in total. The Morgan fingerprint density at radius 2 is 1.82 bits per heavy atom. The van der Waals surface area contributed by atoms with Gasteiger partial charge in [-0.2, -0.15) is 0 Å². The van der Waals surface area contributed by atoms with E-state index in [1.54, 1.807) is 0 Å². The van der Waals surface area contributed by atoms with E-state index in [1.807, 2.05) is 0 Å². The Kier molecular flexibility index (Phi) is 5.14. The fourth-order valence-corrected chi connectivity index (χ4v) is 3.53. The second kappa shape index (κ2) is 7.09. The topological polar surface area (TPSA) is 50.7 Å². The highest BCUT2D eigenvalue weighted by atomic mass is 16.7. The zero-order chi connectivity index (χ0) is 15.4. The van der Waals surface area contributed by atoms with Crippen molar-refractivity contribution in [3.05, 3.63) is 35.4 Å². The lowest BCUT2D eigenvalue weighted by Crippen LogP contribution is -2.43. The molecule has 1 spiro atoms. The van der Waals surface area contributed by atoms with Crippen LogP contribution in [0.4, 0.5) is 0 Å². The average molecular weight is 305 g/mol. The molecule has 3 rings (SSSR count). The maximum atomic E-state index is 9.73. The molecule has 1 aliphatic carbocycles. The summed E-state index contributed by atoms with van der Waals surface area (Å²) in [5.41, 5.74) is 2.49. The Morgan fingerprint density at radius 1 is 1.18 bits per heavy atom. The number of nitrogens with one attached hydrogen (secondary N) is 1. The van der Waals surface area contributed by atoms with E-state index in [1.165, 1.54) is 5.56 Å². The van der Waals surface area contributed by atoms with Gasteiger partial charge in [0, 0.05) is 18.9 Å². The zero-order valence-corrected chi connectivity index (χ0v) is 13.4. The molecule has 0 amide bonds. The highest BCUT2D eigenvalue weighted by Gasteiger charge is 2.40. The van der Waals surface area contributed by atoms with Gasteiger partial charge in [-0.3, -0.25) is 0 Å². The molecule has 1 atom stereocenters. The van der Waals surface area contributed by atoms with Gasteiger partial charge in [-0.1, -0.05) is 31.2 Å². The smallest absolute Gasteiger partial charge is 0.168 e. The molecule has 1 saturated heterocycles. The van der Waals surface area contributed by atoms with Gasteiger partial charge in [-0.25, -0.2) is 0 Å². The van der Waals surface area contributed by atoms with Gasteiger partial charge in [0.25, 0.3) is 0 Å². The molecule has 1 aliphatic heterocycles. The summed E-state index contributed by atoms with van der Waals surface area (Å²) in [6.07, 6.45) is 4.99. The van der Waals surface area contributed by atoms with Crippen molar-refractivity contribution in [1.82, 2.24) is 5.32 Å². The van der Waals surface area contributed by atoms with Gasteiger partial charge >= 0.3 is 0 Å². The van der Waals surface area contributed by atoms with Crippen LogP contribution in [0.5, 0.6) is 0 Å². The second-order valence-electron chi connectivity index (χ2n) is 6.38. The maximum Gasteiger partial charge on any atom is 0.168 e. The summed E-state index contributed by atoms with van der Waals surface area (Å²) in [7, 11) is 0. The van der Waals surface area contributed by atoms with Crippen LogP contribution in [-0.4, -0.2) is 36.8 Å². The van der Waals surface area contributed by atoms with Gasteiger partial charge < -0.3 is 19.9 Å². The van der Waals surface area contributed by atoms with Crippen LogP contribution in [0, 0.1) is 0 Å². The molecule has 0 unspecified atom stereocenters. The van der Waals surface area contributed by atoms with E-state index in [-0.39, 0.29) is 18.4 Å². The molecular weight excluding hydrogens is 278 g/mol. The van der Waals surface area contributed by atoms with Crippen molar-refractivity contribution in [1.29, 1.82) is 0 Å². The first-order chi connectivity index (χ1) is 10.7. The molecule has 4 heteroatoms. The minimum absolute atomic E-state index is 0.00960. The lowest BCUT2D eigenvalue weighted by Gasteiger charge is -2.37. The molecule has 0 bridgehead atoms. The summed E-state index contributed by atoms with van der Waals surface area (Å²) in [6, 6.07) is 8.98. The van der Waals surface area contributed by atoms with Crippen molar-refractivity contribution < 1.29 is 14.6 Å². The SMILES string of the molecule is CCc1ccc([C@H](CO)NC2CCC3(CC2)OCCO3)cc1. The number of aliphatic hydroxyl groups is 1. The molecule has 2 N–H and O–H groups in total. The van der Waals surface area contributed by atoms with Gasteiger partial charge in [-0.15, -0.1) is 0 Å². The largest absolute Gasteiger partial charge is 0.394 e. The van der Waals surface area contributed by atoms with Crippen LogP contribution < -0.4 is 5.32 Å². The van der Waals surface area contributed by atoms with Crippen molar-refractivity contribution in [3.8, 4) is 0 Å². The van der Waals surface area contributed by atoms with E-state index in [4.69, 9.17) is 9.47 Å². The second-order valence-corrected chi connectivity index (χ2v) is 6.38. The highest BCUT2D eigenvalue weighted by molar-refractivity contribution is 5.25. The lowest BCUT2D eigenvalue weighted by molar-refractivity contribution is -0.179. The lowest BCUT2D eigenvalue weighted by atomic mass is 9.89. The first kappa shape index (κ1) is 15.9. The summed E-state index contributed by atoms with van der Waals surface area (Å²) in [5, 5.41) is 13.3. The van der Waals surface area contributed by atoms with Gasteiger partial charge in [-0.05, 0) is 30.4 Å². The monoisotopic (exact) mass is 305 g/mol. The molecule has 1 heterocycles. The average Bonchev–Trinajstić information content (AvgIpc) is 3.03. The van der Waals surface area contributed by atoms with Gasteiger partial charge in [0.1, 0.15) is 0 Å². The van der Waals surface area contributed by atoms with Gasteiger partial charge in [0.05, 0.1) is 25.9 Å². The molecule has 22 heavy (non-hydrogen) atoms. The van der Waals surface area contributed by atoms with Crippen LogP contribution in [0.1, 0.15) is 49.8 Å². The van der Waals surface area contributed by atoms with Crippen LogP contribution in [0.3, 0.4) is 0 Å². The number of aryl methyl sites for hydroxylation is 1. The Hall–Kier alpha value is -0.940. The van der Waals surface area contributed by atoms with Crippen LogP contribution in [0.15, 0.2) is 24.3 Å². The van der Waals surface area contributed by atoms with E-state index in [0.29, 0.717) is 6.04 Å². The summed E-state index contributed by atoms with van der Waals surface area (Å²) in [5.74, 6) is -0.310. The number of hydrogen-bond acceptors (Lipinski definition) is 4. The Bertz CT molecular complexity index is 458. The Balaban J connectivity index is 1.56. The first-order valence-corrected chi connectivity index (χ1v) is 8.48. The molecule has 0 radical (unpaired) electrons. The van der Waals surface area contributed by atoms with Crippen LogP contribution in [0.2, 0.25) is 0 Å². The first-order valence-electron chi connectivity index (χ1n) is 8.48. The van der Waals surface area contributed by atoms with E-state index in [0.717, 1.165) is 50.9 Å². The minimum Gasteiger partial charge on any atom is -0.394 e. The normalized spacial score (nSPS) is 23.0. The van der Waals surface area contributed by atoms with Gasteiger partial charge in [0.2, 0.25) is 0 Å². The third-order valence-corrected chi connectivity index (χ3v) is 4.97. The summed E-state index contributed by atoms with van der Waals surface area (Å²) >= 11 is 0. The standard InChI is InChI=1S/C18H27NO3/c1-2-14-3-5-15(6-4-14)17(13-20)19-16-7-9-18(10-8-16)21-11-12-22-18/h3-6,16-17,19-20H,2,7-13H2,1H3/t17-/m0/s1. The van der Waals surface area contributed by atoms with Crippen molar-refractivity contribution in [2.24, 2.45) is 0 Å². The molecule has 1 aromatic carbocycles. The van der Waals surface area contributed by atoms with Crippen LogP contribution in [0.25, 0.3) is 0 Å². The molecule has 2 fully saturated rings. The third-order valence-electron chi connectivity index (χ3n) is 4.97. The number of benzene rings is 1. The molecule has 2 aliphatic rings. The number of aliphatic hydroxyl groups excluding tert-OH is 1. The number of hydrogen-bond donors (Lipinski definition) is 2. The Labute approximate surface area is 132 Å². The van der Waals surface area contributed by atoms with E-state index in [2.05, 4.69) is 36.5 Å². The van der Waals surface area contributed by atoms with Crippen molar-refractivity contribution in [3.63, 3.8) is 0 Å². The molecule has 1 aromatic rings. The van der Waals surface area contributed by atoms with E-state index < -0.39 is 0 Å². The van der Waals surface area contributed by atoms with Crippen molar-refractivity contribution >= 4 is 0 Å². The predicted molar refractivity (Wildman–Crippen MR) is 85.7 cm³/mol. The zero-order valence-electron chi connectivity index (χ0n) is 13.4. The van der Waals surface area contributed by atoms with Crippen molar-refractivity contribution in [2.75, 3.05) is 19.8 Å². The summed E-state index contributed by atoms with van der Waals surface area (Å²) in [6.45, 7) is 3.73. The molecule has 122 valence electrons. The van der Waals surface area contributed by atoms with Gasteiger partial charge in [0.15, 0.2) is 5.79 Å². The fraction of sp³-hybridized carbons (Fsp3) is 0.667. The Morgan fingerprint density at radius 3 is 2.36 bits per heavy atom. The highest BCUT2D eigenvalue weighted by Crippen LogP contribution is 2.36. The maximum absolute atomic E-state index is 9.73. The summed E-state index contributed by atoms with van der Waals surface area (Å²) < 4.78 is 11.5. The van der Waals surface area contributed by atoms with E-state index in [9.17, 15) is 5.11 Å². The third kappa shape index (κ3) is 3.51. The van der Waals surface area contributed by atoms with Crippen molar-refractivity contribution in [2.45, 2.75) is 56.9 Å². The van der Waals surface area contributed by atoms with Crippen LogP contribution in [-0.2, 0) is 15.9 Å². The van der Waals surface area contributed by atoms with E-state index >= 15 is 0 Å². The van der Waals surface area contributed by atoms with Crippen LogP contribution >= 0.6 is 0 Å². The predicted octanol–water partition coefficient (Wildman–Crippen LogP) is 2.56. The molecule has 0 aromatic heterocycles. The number of ether oxygens (including phenoxy) is 2. The number of rotatable bonds is 5. The molecule has 1 saturated carbocycles. The quantitative estimate of drug-likeness (QED) is 0.878. The molecular formula is C18H27NO3. The minimum atomic E-state index is -0.310.